The number of carbonyl (C=O) groups excluding carboxylic acids is 1. The first-order chi connectivity index (χ1) is 13.4. The van der Waals surface area contributed by atoms with Gasteiger partial charge in [-0.3, -0.25) is 4.79 Å². The van der Waals surface area contributed by atoms with E-state index < -0.39 is 12.1 Å². The molecule has 1 heterocycles. The van der Waals surface area contributed by atoms with Gasteiger partial charge in [0.15, 0.2) is 0 Å². The lowest BCUT2D eigenvalue weighted by atomic mass is 9.95. The van der Waals surface area contributed by atoms with Gasteiger partial charge in [-0.1, -0.05) is 49.1 Å². The number of amides is 1. The number of benzene rings is 2. The second kappa shape index (κ2) is 8.50. The molecule has 0 radical (unpaired) electrons. The van der Waals surface area contributed by atoms with Crippen LogP contribution in [0.4, 0.5) is 13.2 Å². The van der Waals surface area contributed by atoms with Crippen molar-refractivity contribution in [3.05, 3.63) is 71.8 Å². The molecule has 3 nitrogen and oxygen atoms in total. The van der Waals surface area contributed by atoms with Crippen molar-refractivity contribution in [2.45, 2.75) is 25.6 Å². The number of alkyl halides is 3. The maximum atomic E-state index is 12.9. The SMILES string of the molecule is C=Cc1ccc(C(=O)N2CCC(C(F)(F)F)CC2)c(OCc2ccccc2)c1. The number of hydrogen-bond acceptors (Lipinski definition) is 2. The van der Waals surface area contributed by atoms with Gasteiger partial charge in [-0.2, -0.15) is 13.2 Å². The zero-order valence-electron chi connectivity index (χ0n) is 15.4. The van der Waals surface area contributed by atoms with Crippen LogP contribution in [0.2, 0.25) is 0 Å². The molecule has 6 heteroatoms. The average molecular weight is 389 g/mol. The highest BCUT2D eigenvalue weighted by molar-refractivity contribution is 5.97. The molecule has 1 aliphatic rings. The van der Waals surface area contributed by atoms with Crippen LogP contribution < -0.4 is 4.74 Å². The summed E-state index contributed by atoms with van der Waals surface area (Å²) in [4.78, 5) is 14.4. The Balaban J connectivity index is 1.75. The van der Waals surface area contributed by atoms with E-state index in [4.69, 9.17) is 4.74 Å². The lowest BCUT2D eigenvalue weighted by Crippen LogP contribution is -2.42. The first-order valence-corrected chi connectivity index (χ1v) is 9.17. The molecular formula is C22H22F3NO2. The number of rotatable bonds is 5. The molecule has 2 aromatic carbocycles. The van der Waals surface area contributed by atoms with E-state index in [1.165, 1.54) is 4.90 Å². The van der Waals surface area contributed by atoms with Crippen LogP contribution in [-0.4, -0.2) is 30.1 Å². The smallest absolute Gasteiger partial charge is 0.391 e. The van der Waals surface area contributed by atoms with Gasteiger partial charge in [-0.15, -0.1) is 0 Å². The highest BCUT2D eigenvalue weighted by Crippen LogP contribution is 2.35. The van der Waals surface area contributed by atoms with Crippen LogP contribution in [0.15, 0.2) is 55.1 Å². The maximum Gasteiger partial charge on any atom is 0.391 e. The molecule has 0 bridgehead atoms. The first-order valence-electron chi connectivity index (χ1n) is 9.17. The van der Waals surface area contributed by atoms with E-state index in [1.54, 1.807) is 24.3 Å². The molecule has 0 N–H and O–H groups in total. The van der Waals surface area contributed by atoms with Crippen LogP contribution in [0.25, 0.3) is 6.08 Å². The monoisotopic (exact) mass is 389 g/mol. The summed E-state index contributed by atoms with van der Waals surface area (Å²) < 4.78 is 44.5. The number of nitrogens with zero attached hydrogens (tertiary/aromatic N) is 1. The van der Waals surface area contributed by atoms with Crippen molar-refractivity contribution < 1.29 is 22.7 Å². The Morgan fingerprint density at radius 2 is 1.82 bits per heavy atom. The van der Waals surface area contributed by atoms with Crippen LogP contribution in [0, 0.1) is 5.92 Å². The zero-order chi connectivity index (χ0) is 20.1. The Bertz CT molecular complexity index is 825. The van der Waals surface area contributed by atoms with Crippen molar-refractivity contribution in [3.8, 4) is 5.75 Å². The molecule has 0 saturated carbocycles. The summed E-state index contributed by atoms with van der Waals surface area (Å²) in [6.45, 7) is 4.19. The number of likely N-dealkylation sites (tertiary alicyclic amines) is 1. The van der Waals surface area contributed by atoms with Gasteiger partial charge in [0, 0.05) is 13.1 Å². The minimum atomic E-state index is -4.20. The van der Waals surface area contributed by atoms with Crippen molar-refractivity contribution in [1.82, 2.24) is 4.90 Å². The number of hydrogen-bond donors (Lipinski definition) is 0. The van der Waals surface area contributed by atoms with Crippen LogP contribution in [0.1, 0.15) is 34.3 Å². The molecule has 28 heavy (non-hydrogen) atoms. The summed E-state index contributed by atoms with van der Waals surface area (Å²) in [5, 5.41) is 0. The first kappa shape index (κ1) is 20.0. The second-order valence-electron chi connectivity index (χ2n) is 6.84. The topological polar surface area (TPSA) is 29.5 Å². The van der Waals surface area contributed by atoms with E-state index in [0.717, 1.165) is 11.1 Å². The van der Waals surface area contributed by atoms with Crippen molar-refractivity contribution in [2.24, 2.45) is 5.92 Å². The standard InChI is InChI=1S/C22H22F3NO2/c1-2-16-8-9-19(20(14-16)28-15-17-6-4-3-5-7-17)21(27)26-12-10-18(11-13-26)22(23,24)25/h2-9,14,18H,1,10-13,15H2. The lowest BCUT2D eigenvalue weighted by molar-refractivity contribution is -0.183. The summed E-state index contributed by atoms with van der Waals surface area (Å²) in [5.74, 6) is -1.24. The number of piperidine rings is 1. The molecule has 0 aliphatic carbocycles. The summed E-state index contributed by atoms with van der Waals surface area (Å²) in [5.41, 5.74) is 2.11. The molecule has 148 valence electrons. The second-order valence-corrected chi connectivity index (χ2v) is 6.84. The van der Waals surface area contributed by atoms with Gasteiger partial charge in [0.25, 0.3) is 5.91 Å². The summed E-state index contributed by atoms with van der Waals surface area (Å²) in [6, 6.07) is 14.7. The fourth-order valence-corrected chi connectivity index (χ4v) is 3.28. The molecule has 1 aliphatic heterocycles. The van der Waals surface area contributed by atoms with E-state index in [0.29, 0.717) is 11.3 Å². The summed E-state index contributed by atoms with van der Waals surface area (Å²) in [7, 11) is 0. The van der Waals surface area contributed by atoms with E-state index in [1.807, 2.05) is 30.3 Å². The summed E-state index contributed by atoms with van der Waals surface area (Å²) in [6.07, 6.45) is -2.69. The Morgan fingerprint density at radius 3 is 2.43 bits per heavy atom. The third kappa shape index (κ3) is 4.74. The van der Waals surface area contributed by atoms with E-state index >= 15 is 0 Å². The van der Waals surface area contributed by atoms with Crippen molar-refractivity contribution >= 4 is 12.0 Å². The third-order valence-electron chi connectivity index (χ3n) is 4.95. The van der Waals surface area contributed by atoms with Crippen LogP contribution in [0.3, 0.4) is 0 Å². The largest absolute Gasteiger partial charge is 0.488 e. The lowest BCUT2D eigenvalue weighted by Gasteiger charge is -2.33. The van der Waals surface area contributed by atoms with Gasteiger partial charge >= 0.3 is 6.18 Å². The molecule has 0 spiro atoms. The molecule has 0 unspecified atom stereocenters. The molecule has 2 aromatic rings. The molecule has 0 aromatic heterocycles. The van der Waals surface area contributed by atoms with Gasteiger partial charge in [0.05, 0.1) is 11.5 Å². The van der Waals surface area contributed by atoms with Crippen molar-refractivity contribution in [1.29, 1.82) is 0 Å². The average Bonchev–Trinajstić information content (AvgIpc) is 2.71. The van der Waals surface area contributed by atoms with Crippen LogP contribution >= 0.6 is 0 Å². The Kier molecular flexibility index (Phi) is 6.07. The molecule has 1 saturated heterocycles. The van der Waals surface area contributed by atoms with E-state index in [-0.39, 0.29) is 38.4 Å². The van der Waals surface area contributed by atoms with Crippen molar-refractivity contribution in [3.63, 3.8) is 0 Å². The van der Waals surface area contributed by atoms with Gasteiger partial charge in [0.1, 0.15) is 12.4 Å². The van der Waals surface area contributed by atoms with Gasteiger partial charge in [-0.25, -0.2) is 0 Å². The molecule has 1 amide bonds. The predicted octanol–water partition coefficient (Wildman–Crippen LogP) is 5.32. The Labute approximate surface area is 162 Å². The van der Waals surface area contributed by atoms with E-state index in [2.05, 4.69) is 6.58 Å². The number of halogens is 3. The predicted molar refractivity (Wildman–Crippen MR) is 102 cm³/mol. The minimum Gasteiger partial charge on any atom is -0.488 e. The zero-order valence-corrected chi connectivity index (χ0v) is 15.4. The minimum absolute atomic E-state index is 0.0693. The fourth-order valence-electron chi connectivity index (χ4n) is 3.28. The fraction of sp³-hybridized carbons (Fsp3) is 0.318. The molecule has 1 fully saturated rings. The van der Waals surface area contributed by atoms with Gasteiger partial charge in [-0.05, 0) is 36.1 Å². The maximum absolute atomic E-state index is 12.9. The summed E-state index contributed by atoms with van der Waals surface area (Å²) >= 11 is 0. The van der Waals surface area contributed by atoms with Crippen molar-refractivity contribution in [2.75, 3.05) is 13.1 Å². The number of ether oxygens (including phenoxy) is 1. The number of carbonyl (C=O) groups is 1. The van der Waals surface area contributed by atoms with Crippen LogP contribution in [-0.2, 0) is 6.61 Å². The normalized spacial score (nSPS) is 15.3. The molecule has 0 atom stereocenters. The van der Waals surface area contributed by atoms with E-state index in [9.17, 15) is 18.0 Å². The Hall–Kier alpha value is -2.76. The van der Waals surface area contributed by atoms with Gasteiger partial charge < -0.3 is 9.64 Å². The Morgan fingerprint density at radius 1 is 1.14 bits per heavy atom. The quantitative estimate of drug-likeness (QED) is 0.692. The molecular weight excluding hydrogens is 367 g/mol. The van der Waals surface area contributed by atoms with Crippen LogP contribution in [0.5, 0.6) is 5.75 Å². The third-order valence-corrected chi connectivity index (χ3v) is 4.95. The van der Waals surface area contributed by atoms with Gasteiger partial charge in [0.2, 0.25) is 0 Å². The highest BCUT2D eigenvalue weighted by atomic mass is 19.4. The highest BCUT2D eigenvalue weighted by Gasteiger charge is 2.41. The molecule has 3 rings (SSSR count).